The molecule has 16 heavy (non-hydrogen) atoms. The van der Waals surface area contributed by atoms with Crippen LogP contribution in [-0.4, -0.2) is 32.4 Å². The molecule has 1 N–H and O–H groups in total. The molecule has 0 saturated carbocycles. The van der Waals surface area contributed by atoms with E-state index in [0.717, 1.165) is 0 Å². The highest BCUT2D eigenvalue weighted by atomic mass is 32.2. The van der Waals surface area contributed by atoms with Gasteiger partial charge in [0.2, 0.25) is 5.91 Å². The molecule has 1 unspecified atom stereocenters. The van der Waals surface area contributed by atoms with E-state index in [0.29, 0.717) is 19.4 Å². The zero-order valence-corrected chi connectivity index (χ0v) is 11.1. The minimum Gasteiger partial charge on any atom is -0.356 e. The molecule has 0 bridgehead atoms. The summed E-state index contributed by atoms with van der Waals surface area (Å²) in [4.78, 5) is 11.5. The van der Waals surface area contributed by atoms with E-state index in [-0.39, 0.29) is 28.7 Å². The molecule has 1 atom stereocenters. The summed E-state index contributed by atoms with van der Waals surface area (Å²) >= 11 is 0. The number of nitrogens with one attached hydrogen (secondary N) is 1. The third-order valence-electron chi connectivity index (χ3n) is 2.61. The van der Waals surface area contributed by atoms with Crippen molar-refractivity contribution in [3.63, 3.8) is 0 Å². The lowest BCUT2D eigenvalue weighted by molar-refractivity contribution is -0.122. The van der Waals surface area contributed by atoms with Crippen LogP contribution in [0, 0.1) is 11.3 Å². The summed E-state index contributed by atoms with van der Waals surface area (Å²) in [6.07, 6.45) is 1.16. The molecule has 1 aliphatic heterocycles. The second kappa shape index (κ2) is 4.73. The molecule has 1 aliphatic rings. The Morgan fingerprint density at radius 1 is 1.38 bits per heavy atom. The molecule has 5 heteroatoms. The maximum Gasteiger partial charge on any atom is 0.220 e. The molecule has 4 nitrogen and oxygen atoms in total. The van der Waals surface area contributed by atoms with Gasteiger partial charge in [0, 0.05) is 13.0 Å². The van der Waals surface area contributed by atoms with Crippen molar-refractivity contribution in [1.29, 1.82) is 0 Å². The van der Waals surface area contributed by atoms with Gasteiger partial charge in [-0.2, -0.15) is 0 Å². The van der Waals surface area contributed by atoms with Crippen molar-refractivity contribution in [2.45, 2.75) is 33.6 Å². The lowest BCUT2D eigenvalue weighted by Crippen LogP contribution is -2.32. The predicted octanol–water partition coefficient (Wildman–Crippen LogP) is 0.974. The van der Waals surface area contributed by atoms with Gasteiger partial charge in [-0.25, -0.2) is 8.42 Å². The van der Waals surface area contributed by atoms with Gasteiger partial charge in [-0.3, -0.25) is 4.79 Å². The fraction of sp³-hybridized carbons (Fsp3) is 0.909. The van der Waals surface area contributed by atoms with Crippen LogP contribution in [0.3, 0.4) is 0 Å². The topological polar surface area (TPSA) is 63.2 Å². The number of hydrogen-bond donors (Lipinski definition) is 1. The molecule has 0 spiro atoms. The van der Waals surface area contributed by atoms with Crippen molar-refractivity contribution in [3.8, 4) is 0 Å². The number of hydrogen-bond acceptors (Lipinski definition) is 3. The van der Waals surface area contributed by atoms with Gasteiger partial charge in [0.05, 0.1) is 11.5 Å². The Labute approximate surface area is 97.7 Å². The molecule has 0 aromatic heterocycles. The minimum absolute atomic E-state index is 0.0109. The van der Waals surface area contributed by atoms with E-state index in [1.165, 1.54) is 0 Å². The van der Waals surface area contributed by atoms with Crippen LogP contribution in [-0.2, 0) is 14.6 Å². The Hall–Kier alpha value is -0.580. The van der Waals surface area contributed by atoms with Gasteiger partial charge in [-0.15, -0.1) is 0 Å². The lowest BCUT2D eigenvalue weighted by atomic mass is 9.92. The smallest absolute Gasteiger partial charge is 0.220 e. The monoisotopic (exact) mass is 247 g/mol. The Bertz CT molecular complexity index is 354. The summed E-state index contributed by atoms with van der Waals surface area (Å²) in [5, 5.41) is 2.82. The number of carbonyl (C=O) groups is 1. The van der Waals surface area contributed by atoms with Gasteiger partial charge in [0.15, 0.2) is 9.84 Å². The Morgan fingerprint density at radius 3 is 2.44 bits per heavy atom. The van der Waals surface area contributed by atoms with E-state index < -0.39 is 9.84 Å². The second-order valence-corrected chi connectivity index (χ2v) is 8.04. The Morgan fingerprint density at radius 2 is 2.00 bits per heavy atom. The largest absolute Gasteiger partial charge is 0.356 e. The van der Waals surface area contributed by atoms with Gasteiger partial charge >= 0.3 is 0 Å². The molecule has 1 amide bonds. The zero-order chi connectivity index (χ0) is 12.4. The fourth-order valence-electron chi connectivity index (χ4n) is 1.84. The van der Waals surface area contributed by atoms with Crippen LogP contribution in [0.5, 0.6) is 0 Å². The van der Waals surface area contributed by atoms with Gasteiger partial charge < -0.3 is 5.32 Å². The lowest BCUT2D eigenvalue weighted by Gasteiger charge is -2.18. The highest BCUT2D eigenvalue weighted by Gasteiger charge is 2.28. The van der Waals surface area contributed by atoms with E-state index in [2.05, 4.69) is 5.32 Å². The number of amides is 1. The second-order valence-electron chi connectivity index (χ2n) is 5.81. The molecule has 0 aromatic rings. The van der Waals surface area contributed by atoms with E-state index in [4.69, 9.17) is 0 Å². The van der Waals surface area contributed by atoms with Crippen molar-refractivity contribution < 1.29 is 13.2 Å². The van der Waals surface area contributed by atoms with Crippen LogP contribution < -0.4 is 5.32 Å². The molecule has 0 aromatic carbocycles. The summed E-state index contributed by atoms with van der Waals surface area (Å²) in [6, 6.07) is 0. The van der Waals surface area contributed by atoms with Crippen LogP contribution in [0.15, 0.2) is 0 Å². The minimum atomic E-state index is -2.83. The predicted molar refractivity (Wildman–Crippen MR) is 63.8 cm³/mol. The average Bonchev–Trinajstić information content (AvgIpc) is 2.39. The summed E-state index contributed by atoms with van der Waals surface area (Å²) in [7, 11) is -2.83. The molecule has 1 saturated heterocycles. The van der Waals surface area contributed by atoms with Gasteiger partial charge in [0.1, 0.15) is 0 Å². The van der Waals surface area contributed by atoms with Gasteiger partial charge in [-0.1, -0.05) is 20.8 Å². The first kappa shape index (κ1) is 13.5. The molecule has 1 fully saturated rings. The van der Waals surface area contributed by atoms with Crippen molar-refractivity contribution in [2.75, 3.05) is 18.1 Å². The molecule has 94 valence electrons. The normalized spacial score (nSPS) is 24.3. The molecule has 1 heterocycles. The fourth-order valence-corrected chi connectivity index (χ4v) is 3.70. The van der Waals surface area contributed by atoms with E-state index >= 15 is 0 Å². The zero-order valence-electron chi connectivity index (χ0n) is 10.2. The number of carbonyl (C=O) groups excluding carboxylic acids is 1. The highest BCUT2D eigenvalue weighted by Crippen LogP contribution is 2.19. The first-order valence-electron chi connectivity index (χ1n) is 5.65. The van der Waals surface area contributed by atoms with Crippen molar-refractivity contribution in [2.24, 2.45) is 11.3 Å². The van der Waals surface area contributed by atoms with Crippen molar-refractivity contribution >= 4 is 15.7 Å². The first-order valence-corrected chi connectivity index (χ1v) is 7.47. The Kier molecular flexibility index (Phi) is 3.99. The molecule has 1 rings (SSSR count). The van der Waals surface area contributed by atoms with Crippen LogP contribution in [0.2, 0.25) is 0 Å². The summed E-state index contributed by atoms with van der Waals surface area (Å²) in [5.41, 5.74) is -0.0220. The third kappa shape index (κ3) is 4.96. The highest BCUT2D eigenvalue weighted by molar-refractivity contribution is 7.91. The summed E-state index contributed by atoms with van der Waals surface area (Å²) < 4.78 is 22.4. The van der Waals surface area contributed by atoms with Crippen LogP contribution in [0.4, 0.5) is 0 Å². The molecular weight excluding hydrogens is 226 g/mol. The molecule has 0 aliphatic carbocycles. The quantitative estimate of drug-likeness (QED) is 0.808. The van der Waals surface area contributed by atoms with Crippen molar-refractivity contribution in [3.05, 3.63) is 0 Å². The van der Waals surface area contributed by atoms with Crippen molar-refractivity contribution in [1.82, 2.24) is 5.32 Å². The standard InChI is InChI=1S/C11H21NO3S/c1-11(2,3)6-10(13)12-7-9-4-5-16(14,15)8-9/h9H,4-8H2,1-3H3,(H,12,13). The van der Waals surface area contributed by atoms with E-state index in [1.54, 1.807) is 0 Å². The number of rotatable bonds is 3. The maximum atomic E-state index is 11.5. The van der Waals surface area contributed by atoms with E-state index in [9.17, 15) is 13.2 Å². The van der Waals surface area contributed by atoms with Crippen LogP contribution in [0.1, 0.15) is 33.6 Å². The SMILES string of the molecule is CC(C)(C)CC(=O)NCC1CCS(=O)(=O)C1. The van der Waals surface area contributed by atoms with Crippen LogP contribution in [0.25, 0.3) is 0 Å². The maximum absolute atomic E-state index is 11.5. The Balaban J connectivity index is 2.29. The molecular formula is C11H21NO3S. The molecule has 0 radical (unpaired) electrons. The van der Waals surface area contributed by atoms with Crippen LogP contribution >= 0.6 is 0 Å². The van der Waals surface area contributed by atoms with Gasteiger partial charge in [0.25, 0.3) is 0 Å². The number of sulfone groups is 1. The first-order chi connectivity index (χ1) is 7.18. The summed E-state index contributed by atoms with van der Waals surface area (Å²) in [6.45, 7) is 6.51. The summed E-state index contributed by atoms with van der Waals surface area (Å²) in [5.74, 6) is 0.612. The third-order valence-corrected chi connectivity index (χ3v) is 4.44. The van der Waals surface area contributed by atoms with E-state index in [1.807, 2.05) is 20.8 Å². The average molecular weight is 247 g/mol. The van der Waals surface area contributed by atoms with Gasteiger partial charge in [-0.05, 0) is 17.8 Å².